The first-order valence-corrected chi connectivity index (χ1v) is 10.1. The average Bonchev–Trinajstić information content (AvgIpc) is 2.84. The maximum absolute atomic E-state index is 12.5. The molecule has 6 aromatic rings. The van der Waals surface area contributed by atoms with Crippen molar-refractivity contribution in [3.8, 4) is 28.0 Å². The van der Waals surface area contributed by atoms with Crippen LogP contribution in [0.1, 0.15) is 0 Å². The number of hydrogen-bond acceptors (Lipinski definition) is 3. The largest absolute Gasteiger partial charge is 1.00 e. The molecule has 4 aromatic carbocycles. The van der Waals surface area contributed by atoms with Crippen molar-refractivity contribution in [1.29, 1.82) is 0 Å². The number of fused-ring (bicyclic) bond motifs is 3. The van der Waals surface area contributed by atoms with Crippen LogP contribution in [0, 0.1) is 0 Å². The number of hydrogen-bond donors (Lipinski definition) is 0. The van der Waals surface area contributed by atoms with Gasteiger partial charge < -0.3 is 5.11 Å². The summed E-state index contributed by atoms with van der Waals surface area (Å²) in [6.07, 6.45) is 6.98. The molecule has 146 valence electrons. The van der Waals surface area contributed by atoms with Crippen LogP contribution in [0.5, 0.6) is 5.75 Å². The van der Waals surface area contributed by atoms with Gasteiger partial charge in [-0.05, 0) is 62.2 Å². The molecule has 0 saturated carbocycles. The van der Waals surface area contributed by atoms with Crippen LogP contribution in [-0.2, 0) is 0 Å². The van der Waals surface area contributed by atoms with Crippen LogP contribution >= 0.6 is 0 Å². The van der Waals surface area contributed by atoms with Gasteiger partial charge in [0.2, 0.25) is 5.52 Å². The number of rotatable bonds is 2. The first-order valence-electron chi connectivity index (χ1n) is 10.1. The van der Waals surface area contributed by atoms with Crippen molar-refractivity contribution in [2.24, 2.45) is 0 Å². The Labute approximate surface area is 196 Å². The van der Waals surface area contributed by atoms with Crippen molar-refractivity contribution in [3.63, 3.8) is 0 Å². The fraction of sp³-hybridized carbons (Fsp3) is 0. The zero-order chi connectivity index (χ0) is 20.8. The van der Waals surface area contributed by atoms with Crippen LogP contribution < -0.4 is 29.0 Å². The second-order valence-electron chi connectivity index (χ2n) is 7.61. The van der Waals surface area contributed by atoms with Gasteiger partial charge in [0.05, 0.1) is 5.39 Å². The third kappa shape index (κ3) is 3.22. The molecule has 0 unspecified atom stereocenters. The molecule has 6 rings (SSSR count). The van der Waals surface area contributed by atoms with Crippen LogP contribution in [0.4, 0.5) is 0 Å². The molecule has 0 radical (unpaired) electrons. The minimum Gasteiger partial charge on any atom is -0.868 e. The predicted octanol–water partition coefficient (Wildman–Crippen LogP) is 2.16. The number of aromatic nitrogens is 3. The molecule has 0 atom stereocenters. The van der Waals surface area contributed by atoms with E-state index >= 15 is 0 Å². The van der Waals surface area contributed by atoms with Gasteiger partial charge in [0.15, 0.2) is 6.20 Å². The molecule has 0 aliphatic heterocycles. The summed E-state index contributed by atoms with van der Waals surface area (Å²) >= 11 is 0. The molecule has 0 amide bonds. The molecule has 4 nitrogen and oxygen atoms in total. The Balaban J connectivity index is 0.00000216. The Morgan fingerprint density at radius 3 is 2.34 bits per heavy atom. The number of aromatic amines is 1. The minimum atomic E-state index is -0.00832. The second-order valence-corrected chi connectivity index (χ2v) is 7.61. The molecular weight excluding hydrogens is 389 g/mol. The van der Waals surface area contributed by atoms with Crippen molar-refractivity contribution >= 4 is 32.4 Å². The van der Waals surface area contributed by atoms with Crippen molar-refractivity contribution in [3.05, 3.63) is 97.7 Å². The molecule has 0 bridgehead atoms. The molecule has 0 spiro atoms. The molecule has 2 heterocycles. The molecule has 1 N–H and O–H groups in total. The zero-order valence-corrected chi connectivity index (χ0v) is 17.5. The molecule has 0 aliphatic rings. The Morgan fingerprint density at radius 1 is 0.688 bits per heavy atom. The Bertz CT molecular complexity index is 1600. The average molecular weight is 406 g/mol. The van der Waals surface area contributed by atoms with Crippen LogP contribution in [0.3, 0.4) is 0 Å². The number of benzene rings is 4. The first-order chi connectivity index (χ1) is 15.3. The van der Waals surface area contributed by atoms with E-state index in [9.17, 15) is 5.11 Å². The summed E-state index contributed by atoms with van der Waals surface area (Å²) in [7, 11) is 0. The SMILES string of the molecule is [Li+].[O-]c1ccc(-c2c3ccccc3cc3ccc(-c4cncnc4)cc23)c2ccc[nH+]c12. The maximum atomic E-state index is 12.5. The molecule has 32 heavy (non-hydrogen) atoms. The molecule has 0 aliphatic carbocycles. The normalized spacial score (nSPS) is 11.0. The van der Waals surface area contributed by atoms with Gasteiger partial charge in [0.1, 0.15) is 6.33 Å². The van der Waals surface area contributed by atoms with Crippen LogP contribution in [0.25, 0.3) is 54.7 Å². The zero-order valence-electron chi connectivity index (χ0n) is 17.5. The van der Waals surface area contributed by atoms with E-state index in [0.717, 1.165) is 43.8 Å². The topological polar surface area (TPSA) is 63.0 Å². The molecule has 5 heteroatoms. The summed E-state index contributed by atoms with van der Waals surface area (Å²) in [5.74, 6) is -0.00832. The van der Waals surface area contributed by atoms with Gasteiger partial charge in [0, 0.05) is 24.0 Å². The van der Waals surface area contributed by atoms with E-state index < -0.39 is 0 Å². The first kappa shape index (κ1) is 20.2. The van der Waals surface area contributed by atoms with Gasteiger partial charge >= 0.3 is 18.9 Å². The van der Waals surface area contributed by atoms with Crippen LogP contribution in [0.15, 0.2) is 97.7 Å². The third-order valence-corrected chi connectivity index (χ3v) is 5.82. The van der Waals surface area contributed by atoms with Gasteiger partial charge in [-0.25, -0.2) is 15.0 Å². The van der Waals surface area contributed by atoms with E-state index in [1.807, 2.05) is 30.6 Å². The monoisotopic (exact) mass is 406 g/mol. The van der Waals surface area contributed by atoms with Crippen molar-refractivity contribution < 1.29 is 29.0 Å². The summed E-state index contributed by atoms with van der Waals surface area (Å²) in [6.45, 7) is 0. The number of pyridine rings is 1. The van der Waals surface area contributed by atoms with E-state index in [-0.39, 0.29) is 24.6 Å². The van der Waals surface area contributed by atoms with Gasteiger partial charge in [-0.3, -0.25) is 0 Å². The smallest absolute Gasteiger partial charge is 0.868 e. The number of nitrogens with zero attached hydrogens (tertiary/aromatic N) is 2. The van der Waals surface area contributed by atoms with Crippen molar-refractivity contribution in [1.82, 2.24) is 9.97 Å². The molecule has 0 fully saturated rings. The van der Waals surface area contributed by atoms with E-state index in [4.69, 9.17) is 0 Å². The summed E-state index contributed by atoms with van der Waals surface area (Å²) in [5.41, 5.74) is 4.80. The van der Waals surface area contributed by atoms with E-state index in [0.29, 0.717) is 5.52 Å². The Kier molecular flexibility index (Phi) is 5.11. The van der Waals surface area contributed by atoms with Crippen molar-refractivity contribution in [2.45, 2.75) is 0 Å². The van der Waals surface area contributed by atoms with Gasteiger partial charge in [-0.1, -0.05) is 48.5 Å². The number of H-pyrrole nitrogens is 1. The summed E-state index contributed by atoms with van der Waals surface area (Å²) in [5, 5.41) is 18.0. The molecule has 0 saturated heterocycles. The molecule has 2 aromatic heterocycles. The van der Waals surface area contributed by atoms with Gasteiger partial charge in [-0.15, -0.1) is 0 Å². The minimum absolute atomic E-state index is 0. The summed E-state index contributed by atoms with van der Waals surface area (Å²) in [4.78, 5) is 11.5. The fourth-order valence-corrected chi connectivity index (χ4v) is 4.40. The maximum Gasteiger partial charge on any atom is 1.00 e. The second kappa shape index (κ2) is 8.09. The van der Waals surface area contributed by atoms with Crippen LogP contribution in [-0.4, -0.2) is 9.97 Å². The Morgan fingerprint density at radius 2 is 1.47 bits per heavy atom. The van der Waals surface area contributed by atoms with E-state index in [1.165, 1.54) is 11.7 Å². The fourth-order valence-electron chi connectivity index (χ4n) is 4.40. The van der Waals surface area contributed by atoms with Crippen LogP contribution in [0.2, 0.25) is 0 Å². The number of nitrogens with one attached hydrogen (secondary N) is 1. The molecular formula is C27H17LiN3O+. The van der Waals surface area contributed by atoms with Gasteiger partial charge in [-0.2, -0.15) is 0 Å². The third-order valence-electron chi connectivity index (χ3n) is 5.82. The standard InChI is InChI=1S/C27H17N3O.Li/c31-25-10-9-22(23-6-3-11-30-27(23)25)26-21-5-2-1-4-18(21)12-19-8-7-17(13-24(19)26)20-14-28-16-29-15-20;/h1-16,31H;/q;+1. The van der Waals surface area contributed by atoms with E-state index in [1.54, 1.807) is 12.3 Å². The Hall–Kier alpha value is -3.71. The summed E-state index contributed by atoms with van der Waals surface area (Å²) in [6, 6.07) is 24.6. The van der Waals surface area contributed by atoms with Gasteiger partial charge in [0.25, 0.3) is 0 Å². The summed E-state index contributed by atoms with van der Waals surface area (Å²) < 4.78 is 0. The van der Waals surface area contributed by atoms with E-state index in [2.05, 4.69) is 63.5 Å². The predicted molar refractivity (Wildman–Crippen MR) is 121 cm³/mol. The van der Waals surface area contributed by atoms with Crippen molar-refractivity contribution in [2.75, 3.05) is 0 Å². The quantitative estimate of drug-likeness (QED) is 0.327.